The fourth-order valence-corrected chi connectivity index (χ4v) is 4.33. The highest BCUT2D eigenvalue weighted by Crippen LogP contribution is 2.22. The highest BCUT2D eigenvalue weighted by Gasteiger charge is 2.24. The molecule has 4 rings (SSSR count). The fraction of sp³-hybridized carbons (Fsp3) is 0.571. The van der Waals surface area contributed by atoms with Crippen LogP contribution in [0.15, 0.2) is 30.5 Å². The summed E-state index contributed by atoms with van der Waals surface area (Å²) in [6.45, 7) is 6.63. The average Bonchev–Trinajstić information content (AvgIpc) is 2.90. The Balaban J connectivity index is 1.42. The smallest absolute Gasteiger partial charge is 0.254 e. The minimum Gasteiger partial charge on any atom is -0.381 e. The van der Waals surface area contributed by atoms with Crippen molar-refractivity contribution in [3.8, 4) is 0 Å². The molecule has 0 saturated carbocycles. The molecule has 1 aromatic heterocycles. The zero-order valence-corrected chi connectivity index (χ0v) is 15.7. The minimum atomic E-state index is 0.171. The second-order valence-corrected chi connectivity index (χ2v) is 7.69. The quantitative estimate of drug-likeness (QED) is 0.850. The first-order valence-electron chi connectivity index (χ1n) is 9.86. The Morgan fingerprint density at radius 3 is 2.92 bits per heavy atom. The summed E-state index contributed by atoms with van der Waals surface area (Å²) < 4.78 is 7.69. The number of hydrogen-bond acceptors (Lipinski definition) is 3. The first-order chi connectivity index (χ1) is 12.7. The molecule has 2 aliphatic rings. The molecule has 0 bridgehead atoms. The van der Waals surface area contributed by atoms with Gasteiger partial charge in [-0.1, -0.05) is 6.07 Å². The number of fused-ring (bicyclic) bond motifs is 1. The van der Waals surface area contributed by atoms with Crippen LogP contribution in [0.3, 0.4) is 0 Å². The normalized spacial score (nSPS) is 22.5. The SMILES string of the molecule is Cn1ccc2c(C(=O)N3CCCN(CC4CCCOC4)CC3)cccc21. The van der Waals surface area contributed by atoms with E-state index in [1.165, 1.54) is 12.8 Å². The highest BCUT2D eigenvalue weighted by atomic mass is 16.5. The van der Waals surface area contributed by atoms with Crippen LogP contribution < -0.4 is 0 Å². The van der Waals surface area contributed by atoms with Gasteiger partial charge in [0.1, 0.15) is 0 Å². The number of amides is 1. The molecule has 1 aromatic carbocycles. The van der Waals surface area contributed by atoms with Crippen LogP contribution in [0.4, 0.5) is 0 Å². The number of rotatable bonds is 3. The van der Waals surface area contributed by atoms with Crippen LogP contribution in [-0.4, -0.2) is 66.2 Å². The maximum Gasteiger partial charge on any atom is 0.254 e. The molecule has 26 heavy (non-hydrogen) atoms. The lowest BCUT2D eigenvalue weighted by molar-refractivity contribution is 0.0389. The monoisotopic (exact) mass is 355 g/mol. The average molecular weight is 355 g/mol. The fourth-order valence-electron chi connectivity index (χ4n) is 4.33. The molecule has 140 valence electrons. The lowest BCUT2D eigenvalue weighted by atomic mass is 10.0. The van der Waals surface area contributed by atoms with Crippen LogP contribution in [0.1, 0.15) is 29.6 Å². The minimum absolute atomic E-state index is 0.171. The molecule has 5 nitrogen and oxygen atoms in total. The maximum absolute atomic E-state index is 13.2. The number of benzene rings is 1. The van der Waals surface area contributed by atoms with Crippen LogP contribution in [0, 0.1) is 5.92 Å². The number of hydrogen-bond donors (Lipinski definition) is 0. The summed E-state index contributed by atoms with van der Waals surface area (Å²) >= 11 is 0. The Morgan fingerprint density at radius 1 is 1.15 bits per heavy atom. The Bertz CT molecular complexity index is 764. The number of aryl methyl sites for hydroxylation is 1. The van der Waals surface area contributed by atoms with E-state index in [1.54, 1.807) is 0 Å². The molecule has 0 N–H and O–H groups in total. The lowest BCUT2D eigenvalue weighted by Gasteiger charge is -2.28. The second kappa shape index (κ2) is 7.80. The molecule has 0 aliphatic carbocycles. The molecular formula is C21H29N3O2. The first kappa shape index (κ1) is 17.6. The van der Waals surface area contributed by atoms with E-state index in [4.69, 9.17) is 4.74 Å². The third-order valence-corrected chi connectivity index (χ3v) is 5.81. The van der Waals surface area contributed by atoms with Crippen molar-refractivity contribution < 1.29 is 9.53 Å². The molecule has 0 spiro atoms. The maximum atomic E-state index is 13.2. The van der Waals surface area contributed by atoms with Crippen molar-refractivity contribution >= 4 is 16.8 Å². The van der Waals surface area contributed by atoms with Gasteiger partial charge in [0.2, 0.25) is 0 Å². The van der Waals surface area contributed by atoms with Gasteiger partial charge in [0, 0.05) is 62.5 Å². The Hall–Kier alpha value is -1.85. The Labute approximate surface area is 155 Å². The predicted octanol–water partition coefficient (Wildman–Crippen LogP) is 2.75. The van der Waals surface area contributed by atoms with E-state index in [2.05, 4.69) is 21.6 Å². The van der Waals surface area contributed by atoms with Crippen molar-refractivity contribution in [3.05, 3.63) is 36.0 Å². The summed E-state index contributed by atoms with van der Waals surface area (Å²) in [6, 6.07) is 8.08. The summed E-state index contributed by atoms with van der Waals surface area (Å²) in [4.78, 5) is 17.7. The number of ether oxygens (including phenoxy) is 1. The van der Waals surface area contributed by atoms with E-state index in [0.29, 0.717) is 5.92 Å². The van der Waals surface area contributed by atoms with Gasteiger partial charge < -0.3 is 19.1 Å². The molecule has 5 heteroatoms. The predicted molar refractivity (Wildman–Crippen MR) is 103 cm³/mol. The third-order valence-electron chi connectivity index (χ3n) is 5.81. The van der Waals surface area contributed by atoms with Crippen LogP contribution >= 0.6 is 0 Å². The molecule has 1 amide bonds. The van der Waals surface area contributed by atoms with Crippen molar-refractivity contribution in [3.63, 3.8) is 0 Å². The van der Waals surface area contributed by atoms with Gasteiger partial charge in [0.05, 0.1) is 6.61 Å². The van der Waals surface area contributed by atoms with Crippen LogP contribution in [-0.2, 0) is 11.8 Å². The zero-order valence-electron chi connectivity index (χ0n) is 15.7. The molecule has 2 saturated heterocycles. The molecule has 2 fully saturated rings. The van der Waals surface area contributed by atoms with Gasteiger partial charge in [-0.05, 0) is 49.9 Å². The molecule has 2 aromatic rings. The van der Waals surface area contributed by atoms with Crippen molar-refractivity contribution in [2.75, 3.05) is 45.9 Å². The van der Waals surface area contributed by atoms with E-state index < -0.39 is 0 Å². The molecule has 1 unspecified atom stereocenters. The van der Waals surface area contributed by atoms with E-state index >= 15 is 0 Å². The van der Waals surface area contributed by atoms with Gasteiger partial charge in [0.25, 0.3) is 5.91 Å². The number of aromatic nitrogens is 1. The molecule has 2 aliphatic heterocycles. The summed E-state index contributed by atoms with van der Waals surface area (Å²) in [5.41, 5.74) is 1.95. The van der Waals surface area contributed by atoms with Gasteiger partial charge >= 0.3 is 0 Å². The second-order valence-electron chi connectivity index (χ2n) is 7.69. The van der Waals surface area contributed by atoms with Gasteiger partial charge in [-0.25, -0.2) is 0 Å². The summed E-state index contributed by atoms with van der Waals surface area (Å²) in [7, 11) is 2.02. The molecular weight excluding hydrogens is 326 g/mol. The van der Waals surface area contributed by atoms with E-state index in [0.717, 1.165) is 68.8 Å². The largest absolute Gasteiger partial charge is 0.381 e. The summed E-state index contributed by atoms with van der Waals surface area (Å²) in [5, 5.41) is 1.06. The first-order valence-corrected chi connectivity index (χ1v) is 9.86. The number of carbonyl (C=O) groups excluding carboxylic acids is 1. The van der Waals surface area contributed by atoms with Gasteiger partial charge in [-0.2, -0.15) is 0 Å². The summed E-state index contributed by atoms with van der Waals surface area (Å²) in [5.74, 6) is 0.828. The van der Waals surface area contributed by atoms with Crippen molar-refractivity contribution in [1.29, 1.82) is 0 Å². The van der Waals surface area contributed by atoms with Crippen molar-refractivity contribution in [1.82, 2.24) is 14.4 Å². The lowest BCUT2D eigenvalue weighted by Crippen LogP contribution is -2.38. The van der Waals surface area contributed by atoms with Gasteiger partial charge in [0.15, 0.2) is 0 Å². The van der Waals surface area contributed by atoms with Crippen LogP contribution in [0.5, 0.6) is 0 Å². The highest BCUT2D eigenvalue weighted by molar-refractivity contribution is 6.06. The van der Waals surface area contributed by atoms with E-state index in [-0.39, 0.29) is 5.91 Å². The Kier molecular flexibility index (Phi) is 5.27. The topological polar surface area (TPSA) is 37.7 Å². The van der Waals surface area contributed by atoms with Gasteiger partial charge in [-0.15, -0.1) is 0 Å². The zero-order chi connectivity index (χ0) is 17.9. The van der Waals surface area contributed by atoms with E-state index in [1.807, 2.05) is 30.3 Å². The van der Waals surface area contributed by atoms with Crippen molar-refractivity contribution in [2.24, 2.45) is 13.0 Å². The molecule has 0 radical (unpaired) electrons. The summed E-state index contributed by atoms with van der Waals surface area (Å²) in [6.07, 6.45) is 5.53. The number of nitrogens with zero attached hydrogens (tertiary/aromatic N) is 3. The standard InChI is InChI=1S/C21H29N3O2/c1-22-11-8-18-19(6-2-7-20(18)22)21(25)24-10-4-9-23(12-13-24)15-17-5-3-14-26-16-17/h2,6-8,11,17H,3-5,9-10,12-16H2,1H3. The van der Waals surface area contributed by atoms with Crippen LogP contribution in [0.2, 0.25) is 0 Å². The Morgan fingerprint density at radius 2 is 2.08 bits per heavy atom. The molecule has 1 atom stereocenters. The molecule has 3 heterocycles. The third kappa shape index (κ3) is 3.64. The van der Waals surface area contributed by atoms with Crippen LogP contribution in [0.25, 0.3) is 10.9 Å². The van der Waals surface area contributed by atoms with Crippen molar-refractivity contribution in [2.45, 2.75) is 19.3 Å². The van der Waals surface area contributed by atoms with Gasteiger partial charge in [-0.3, -0.25) is 4.79 Å². The van der Waals surface area contributed by atoms with E-state index in [9.17, 15) is 4.79 Å². The number of carbonyl (C=O) groups is 1.